The normalized spacial score (nSPS) is 16.8. The summed E-state index contributed by atoms with van der Waals surface area (Å²) >= 11 is 6.20. The lowest BCUT2D eigenvalue weighted by atomic mass is 9.93. The first-order valence-electron chi connectivity index (χ1n) is 8.36. The van der Waals surface area contributed by atoms with Crippen molar-refractivity contribution in [2.45, 2.75) is 39.2 Å². The van der Waals surface area contributed by atoms with E-state index in [0.29, 0.717) is 18.0 Å². The van der Waals surface area contributed by atoms with Crippen LogP contribution in [-0.2, 0) is 4.74 Å². The summed E-state index contributed by atoms with van der Waals surface area (Å²) in [6.07, 6.45) is -0.372. The van der Waals surface area contributed by atoms with Crippen molar-refractivity contribution in [2.75, 3.05) is 17.3 Å². The fourth-order valence-corrected chi connectivity index (χ4v) is 3.62. The zero-order valence-corrected chi connectivity index (χ0v) is 15.7. The molecule has 1 aliphatic rings. The zero-order valence-electron chi connectivity index (χ0n) is 14.9. The number of benzene rings is 2. The van der Waals surface area contributed by atoms with Gasteiger partial charge in [-0.15, -0.1) is 11.6 Å². The molecule has 0 N–H and O–H groups in total. The standard InChI is InChI=1S/C20H22ClNO3/c1-12(23)14-6-5-7-16-15(14)8-9-17-18(16)13(10-21)11-22(17)19(24)25-20(2,3)4/h5-9,13H,10-11H2,1-4H3. The molecule has 0 bridgehead atoms. The Hall–Kier alpha value is -2.07. The van der Waals surface area contributed by atoms with Crippen molar-refractivity contribution in [3.63, 3.8) is 0 Å². The molecule has 1 heterocycles. The average Bonchev–Trinajstić information content (AvgIpc) is 2.91. The summed E-state index contributed by atoms with van der Waals surface area (Å²) in [6.45, 7) is 7.59. The molecule has 1 atom stereocenters. The van der Waals surface area contributed by atoms with Gasteiger partial charge in [0.15, 0.2) is 5.78 Å². The highest BCUT2D eigenvalue weighted by Gasteiger charge is 2.35. The van der Waals surface area contributed by atoms with Crippen LogP contribution in [0.1, 0.15) is 49.5 Å². The van der Waals surface area contributed by atoms with Gasteiger partial charge in [0.1, 0.15) is 5.60 Å². The third-order valence-corrected chi connectivity index (χ3v) is 4.73. The number of hydrogen-bond donors (Lipinski definition) is 0. The van der Waals surface area contributed by atoms with Crippen molar-refractivity contribution >= 4 is 39.9 Å². The topological polar surface area (TPSA) is 46.6 Å². The van der Waals surface area contributed by atoms with E-state index in [-0.39, 0.29) is 17.8 Å². The first-order valence-corrected chi connectivity index (χ1v) is 8.89. The molecule has 4 nitrogen and oxygen atoms in total. The van der Waals surface area contributed by atoms with Crippen LogP contribution in [0.25, 0.3) is 10.8 Å². The highest BCUT2D eigenvalue weighted by molar-refractivity contribution is 6.19. The van der Waals surface area contributed by atoms with Crippen LogP contribution in [0.15, 0.2) is 30.3 Å². The minimum Gasteiger partial charge on any atom is -0.443 e. The lowest BCUT2D eigenvalue weighted by Gasteiger charge is -2.25. The monoisotopic (exact) mass is 359 g/mol. The molecule has 1 amide bonds. The lowest BCUT2D eigenvalue weighted by Crippen LogP contribution is -2.36. The van der Waals surface area contributed by atoms with Crippen LogP contribution in [0, 0.1) is 0 Å². The number of nitrogens with zero attached hydrogens (tertiary/aromatic N) is 1. The van der Waals surface area contributed by atoms with E-state index in [1.54, 1.807) is 11.8 Å². The van der Waals surface area contributed by atoms with Crippen LogP contribution in [0.3, 0.4) is 0 Å². The maximum Gasteiger partial charge on any atom is 0.414 e. The molecular weight excluding hydrogens is 338 g/mol. The van der Waals surface area contributed by atoms with E-state index in [0.717, 1.165) is 22.0 Å². The Kier molecular flexibility index (Phi) is 4.50. The third-order valence-electron chi connectivity index (χ3n) is 4.36. The first-order chi connectivity index (χ1) is 11.7. The molecule has 1 aliphatic heterocycles. The maximum atomic E-state index is 12.6. The summed E-state index contributed by atoms with van der Waals surface area (Å²) in [4.78, 5) is 26.2. The number of alkyl halides is 1. The molecule has 0 aromatic heterocycles. The highest BCUT2D eigenvalue weighted by atomic mass is 35.5. The predicted molar refractivity (Wildman–Crippen MR) is 101 cm³/mol. The molecule has 0 saturated carbocycles. The van der Waals surface area contributed by atoms with E-state index in [1.807, 2.05) is 51.1 Å². The quantitative estimate of drug-likeness (QED) is 0.552. The maximum absolute atomic E-state index is 12.6. The van der Waals surface area contributed by atoms with Gasteiger partial charge in [-0.05, 0) is 50.1 Å². The molecule has 3 rings (SSSR count). The Balaban J connectivity index is 2.14. The summed E-state index contributed by atoms with van der Waals surface area (Å²) < 4.78 is 5.54. The summed E-state index contributed by atoms with van der Waals surface area (Å²) in [5.41, 5.74) is 1.95. The molecule has 0 spiro atoms. The highest BCUT2D eigenvalue weighted by Crippen LogP contribution is 2.43. The fourth-order valence-electron chi connectivity index (χ4n) is 3.37. The SMILES string of the molecule is CC(=O)c1cccc2c3c(ccc12)N(C(=O)OC(C)(C)C)CC3CCl. The summed E-state index contributed by atoms with van der Waals surface area (Å²) in [5, 5.41) is 1.87. The first kappa shape index (κ1) is 17.7. The molecular formula is C20H22ClNO3. The van der Waals surface area contributed by atoms with Crippen LogP contribution in [0.5, 0.6) is 0 Å². The van der Waals surface area contributed by atoms with Crippen molar-refractivity contribution in [3.05, 3.63) is 41.5 Å². The molecule has 0 radical (unpaired) electrons. The van der Waals surface area contributed by atoms with Crippen LogP contribution < -0.4 is 4.90 Å². The van der Waals surface area contributed by atoms with E-state index < -0.39 is 5.60 Å². The number of hydrogen-bond acceptors (Lipinski definition) is 3. The van der Waals surface area contributed by atoms with Crippen LogP contribution in [0.4, 0.5) is 10.5 Å². The van der Waals surface area contributed by atoms with E-state index in [1.165, 1.54) is 0 Å². The van der Waals surface area contributed by atoms with E-state index in [9.17, 15) is 9.59 Å². The van der Waals surface area contributed by atoms with Gasteiger partial charge in [-0.25, -0.2) is 4.79 Å². The minimum atomic E-state index is -0.561. The summed E-state index contributed by atoms with van der Waals surface area (Å²) in [7, 11) is 0. The number of carbonyl (C=O) groups is 2. The predicted octanol–water partition coefficient (Wildman–Crippen LogP) is 5.12. The van der Waals surface area contributed by atoms with Gasteiger partial charge in [-0.3, -0.25) is 9.69 Å². The van der Waals surface area contributed by atoms with E-state index in [4.69, 9.17) is 16.3 Å². The molecule has 2 aromatic carbocycles. The summed E-state index contributed by atoms with van der Waals surface area (Å²) in [5.74, 6) is 0.431. The number of amides is 1. The Labute approximate surface area is 152 Å². The van der Waals surface area contributed by atoms with Gasteiger partial charge < -0.3 is 4.74 Å². The molecule has 0 aliphatic carbocycles. The molecule has 0 fully saturated rings. The van der Waals surface area contributed by atoms with Gasteiger partial charge in [0.25, 0.3) is 0 Å². The smallest absolute Gasteiger partial charge is 0.414 e. The second-order valence-corrected chi connectivity index (χ2v) is 7.71. The number of halogens is 1. The Morgan fingerprint density at radius 1 is 1.20 bits per heavy atom. The fraction of sp³-hybridized carbons (Fsp3) is 0.400. The Morgan fingerprint density at radius 3 is 2.52 bits per heavy atom. The molecule has 1 unspecified atom stereocenters. The molecule has 0 saturated heterocycles. The summed E-state index contributed by atoms with van der Waals surface area (Å²) in [6, 6.07) is 9.48. The van der Waals surface area contributed by atoms with Crippen LogP contribution >= 0.6 is 11.6 Å². The number of rotatable bonds is 2. The van der Waals surface area contributed by atoms with Crippen molar-refractivity contribution in [1.82, 2.24) is 0 Å². The van der Waals surface area contributed by atoms with Crippen molar-refractivity contribution < 1.29 is 14.3 Å². The zero-order chi connectivity index (χ0) is 18.4. The number of ether oxygens (including phenoxy) is 1. The molecule has 5 heteroatoms. The number of carbonyl (C=O) groups excluding carboxylic acids is 2. The number of Topliss-reactive ketones (excluding diaryl/α,β-unsaturated/α-hetero) is 1. The number of anilines is 1. The second kappa shape index (κ2) is 6.34. The Bertz CT molecular complexity index is 854. The lowest BCUT2D eigenvalue weighted by molar-refractivity contribution is 0.0582. The van der Waals surface area contributed by atoms with Crippen LogP contribution in [0.2, 0.25) is 0 Å². The van der Waals surface area contributed by atoms with Crippen LogP contribution in [-0.4, -0.2) is 29.9 Å². The molecule has 2 aromatic rings. The van der Waals surface area contributed by atoms with E-state index in [2.05, 4.69) is 0 Å². The van der Waals surface area contributed by atoms with Crippen molar-refractivity contribution in [1.29, 1.82) is 0 Å². The molecule has 132 valence electrons. The number of fused-ring (bicyclic) bond motifs is 3. The van der Waals surface area contributed by atoms with Crippen molar-refractivity contribution in [3.8, 4) is 0 Å². The second-order valence-electron chi connectivity index (χ2n) is 7.40. The molecule has 25 heavy (non-hydrogen) atoms. The largest absolute Gasteiger partial charge is 0.443 e. The van der Waals surface area contributed by atoms with E-state index >= 15 is 0 Å². The average molecular weight is 360 g/mol. The van der Waals surface area contributed by atoms with Gasteiger partial charge in [-0.1, -0.05) is 24.3 Å². The van der Waals surface area contributed by atoms with Gasteiger partial charge >= 0.3 is 6.09 Å². The minimum absolute atomic E-state index is 0.00935. The van der Waals surface area contributed by atoms with Gasteiger partial charge in [0, 0.05) is 23.9 Å². The Morgan fingerprint density at radius 2 is 1.92 bits per heavy atom. The van der Waals surface area contributed by atoms with Crippen molar-refractivity contribution in [2.24, 2.45) is 0 Å². The van der Waals surface area contributed by atoms with Gasteiger partial charge in [-0.2, -0.15) is 0 Å². The number of ketones is 1. The third kappa shape index (κ3) is 3.23. The van der Waals surface area contributed by atoms with Gasteiger partial charge in [0.2, 0.25) is 0 Å². The van der Waals surface area contributed by atoms with Gasteiger partial charge in [0.05, 0.1) is 5.69 Å².